The Morgan fingerprint density at radius 2 is 1.74 bits per heavy atom. The van der Waals surface area contributed by atoms with Gasteiger partial charge in [-0.2, -0.15) is 13.8 Å². The topological polar surface area (TPSA) is 124 Å². The predicted molar refractivity (Wildman–Crippen MR) is 167 cm³/mol. The average molecular weight is 660 g/mol. The number of fused-ring (bicyclic) bond motifs is 1. The number of hydrazine groups is 1. The summed E-state index contributed by atoms with van der Waals surface area (Å²) in [5, 5.41) is 9.78. The molecule has 254 valence electrons. The van der Waals surface area contributed by atoms with Gasteiger partial charge in [0.1, 0.15) is 11.4 Å². The Morgan fingerprint density at radius 1 is 1.04 bits per heavy atom. The molecule has 2 aromatic carbocycles. The van der Waals surface area contributed by atoms with Crippen molar-refractivity contribution in [2.45, 2.75) is 59.7 Å². The zero-order chi connectivity index (χ0) is 34.5. The number of hydrogen-bond donors (Lipinski definition) is 1. The van der Waals surface area contributed by atoms with E-state index in [-0.39, 0.29) is 43.7 Å². The van der Waals surface area contributed by atoms with Crippen molar-refractivity contribution in [3.05, 3.63) is 64.8 Å². The zero-order valence-corrected chi connectivity index (χ0v) is 27.3. The van der Waals surface area contributed by atoms with Gasteiger partial charge in [0, 0.05) is 51.0 Å². The van der Waals surface area contributed by atoms with E-state index >= 15 is 0 Å². The van der Waals surface area contributed by atoms with Crippen LogP contribution in [0.15, 0.2) is 40.9 Å². The number of nitrogens with zero attached hydrogens (tertiary/aromatic N) is 6. The van der Waals surface area contributed by atoms with Crippen LogP contribution >= 0.6 is 0 Å². The van der Waals surface area contributed by atoms with Crippen molar-refractivity contribution in [3.8, 4) is 11.4 Å². The molecule has 15 heteroatoms. The number of alkyl halides is 2. The van der Waals surface area contributed by atoms with Crippen LogP contribution in [0.5, 0.6) is 0 Å². The first kappa shape index (κ1) is 35.4. The molecule has 0 spiro atoms. The number of aryl methyl sites for hydroxylation is 1. The van der Waals surface area contributed by atoms with Crippen molar-refractivity contribution in [1.29, 1.82) is 0 Å². The Bertz CT molecular complexity index is 1590. The molecule has 12 nitrogen and oxygen atoms in total. The molecule has 2 heterocycles. The highest BCUT2D eigenvalue weighted by atomic mass is 19.3. The average Bonchev–Trinajstić information content (AvgIpc) is 3.66. The van der Waals surface area contributed by atoms with Crippen LogP contribution < -0.4 is 10.2 Å². The van der Waals surface area contributed by atoms with Gasteiger partial charge in [-0.1, -0.05) is 23.4 Å². The van der Waals surface area contributed by atoms with Crippen LogP contribution in [0.1, 0.15) is 56.7 Å². The van der Waals surface area contributed by atoms with Gasteiger partial charge >= 0.3 is 12.5 Å². The third kappa shape index (κ3) is 9.07. The van der Waals surface area contributed by atoms with E-state index in [1.807, 2.05) is 0 Å². The maximum atomic E-state index is 13.7. The summed E-state index contributed by atoms with van der Waals surface area (Å²) in [6.07, 6.45) is -3.48. The fourth-order valence-corrected chi connectivity index (χ4v) is 4.99. The molecule has 1 aliphatic heterocycles. The van der Waals surface area contributed by atoms with Crippen molar-refractivity contribution < 1.29 is 36.8 Å². The van der Waals surface area contributed by atoms with E-state index in [1.165, 1.54) is 26.9 Å². The molecule has 0 unspecified atom stereocenters. The van der Waals surface area contributed by atoms with Crippen molar-refractivity contribution in [1.82, 2.24) is 30.4 Å². The molecule has 1 aromatic heterocycles. The maximum Gasteiger partial charge on any atom is 0.410 e. The molecule has 1 N–H and O–H groups in total. The molecule has 0 saturated carbocycles. The summed E-state index contributed by atoms with van der Waals surface area (Å²) in [5.41, 5.74) is 2.48. The molecule has 0 bridgehead atoms. The number of carbonyl (C=O) groups is 3. The molecule has 4 rings (SSSR count). The number of hydrogen-bond acceptors (Lipinski definition) is 9. The highest BCUT2D eigenvalue weighted by molar-refractivity contribution is 5.96. The minimum Gasteiger partial charge on any atom is -0.444 e. The van der Waals surface area contributed by atoms with Crippen LogP contribution in [-0.4, -0.2) is 88.3 Å². The number of aromatic nitrogens is 2. The van der Waals surface area contributed by atoms with Crippen molar-refractivity contribution in [2.75, 3.05) is 44.7 Å². The van der Waals surface area contributed by atoms with Crippen LogP contribution in [0.25, 0.3) is 11.4 Å². The van der Waals surface area contributed by atoms with E-state index in [9.17, 15) is 27.6 Å². The van der Waals surface area contributed by atoms with Gasteiger partial charge in [0.25, 0.3) is 11.8 Å². The van der Waals surface area contributed by atoms with E-state index in [4.69, 9.17) is 4.74 Å². The Hall–Kier alpha value is -4.50. The second kappa shape index (κ2) is 14.9. The molecule has 0 radical (unpaired) electrons. The number of benzene rings is 2. The second-order valence-corrected chi connectivity index (χ2v) is 12.1. The Kier molecular flexibility index (Phi) is 11.2. The van der Waals surface area contributed by atoms with Crippen LogP contribution in [0, 0.1) is 12.7 Å². The summed E-state index contributed by atoms with van der Waals surface area (Å²) in [5.74, 6) is -1.95. The van der Waals surface area contributed by atoms with Crippen LogP contribution in [0.2, 0.25) is 0 Å². The van der Waals surface area contributed by atoms with Crippen LogP contribution in [0.4, 0.5) is 23.7 Å². The molecule has 0 fully saturated rings. The largest absolute Gasteiger partial charge is 0.444 e. The van der Waals surface area contributed by atoms with Crippen LogP contribution in [-0.2, 0) is 27.4 Å². The molecule has 1 aliphatic rings. The Morgan fingerprint density at radius 3 is 2.40 bits per heavy atom. The van der Waals surface area contributed by atoms with Gasteiger partial charge in [-0.25, -0.2) is 14.2 Å². The molecular weight excluding hydrogens is 619 g/mol. The Labute approximate surface area is 271 Å². The maximum absolute atomic E-state index is 13.7. The van der Waals surface area contributed by atoms with Gasteiger partial charge in [-0.05, 0) is 69.5 Å². The molecule has 0 atom stereocenters. The number of carbonyl (C=O) groups excluding carboxylic acids is 3. The quantitative estimate of drug-likeness (QED) is 0.295. The number of anilines is 1. The fraction of sp³-hybridized carbons (Fsp3) is 0.469. The highest BCUT2D eigenvalue weighted by Gasteiger charge is 2.27. The van der Waals surface area contributed by atoms with E-state index < -0.39 is 29.9 Å². The first-order valence-electron chi connectivity index (χ1n) is 15.2. The van der Waals surface area contributed by atoms with E-state index in [0.717, 1.165) is 11.1 Å². The number of ether oxygens (including phenoxy) is 1. The lowest BCUT2D eigenvalue weighted by Gasteiger charge is -2.30. The molecule has 0 saturated heterocycles. The first-order valence-corrected chi connectivity index (χ1v) is 15.2. The van der Waals surface area contributed by atoms with E-state index in [2.05, 4.69) is 20.0 Å². The van der Waals surface area contributed by atoms with Gasteiger partial charge < -0.3 is 19.1 Å². The lowest BCUT2D eigenvalue weighted by atomic mass is 10.1. The first-order chi connectivity index (χ1) is 22.2. The summed E-state index contributed by atoms with van der Waals surface area (Å²) in [6.45, 7) is 9.78. The SMILES string of the molecule is CCN(CCN(C(=O)CNCC(=O)N(C)N1Cc2ccc(F)cc2C1)c1cc(-c2noc(C(F)F)n2)ccc1C)C(=O)OC(C)(C)C. The molecule has 3 amide bonds. The lowest BCUT2D eigenvalue weighted by molar-refractivity contribution is -0.145. The molecule has 3 aromatic rings. The monoisotopic (exact) mass is 659 g/mol. The van der Waals surface area contributed by atoms with Gasteiger partial charge in [0.2, 0.25) is 11.7 Å². The minimum absolute atomic E-state index is 0.0584. The number of halogens is 3. The smallest absolute Gasteiger partial charge is 0.410 e. The molecule has 0 aliphatic carbocycles. The normalized spacial score (nSPS) is 13.1. The van der Waals surface area contributed by atoms with Crippen molar-refractivity contribution in [2.24, 2.45) is 0 Å². The lowest BCUT2D eigenvalue weighted by Crippen LogP contribution is -2.48. The van der Waals surface area contributed by atoms with Gasteiger partial charge in [-0.3, -0.25) is 19.9 Å². The third-order valence-corrected chi connectivity index (χ3v) is 7.53. The van der Waals surface area contributed by atoms with Crippen LogP contribution in [0.3, 0.4) is 0 Å². The second-order valence-electron chi connectivity index (χ2n) is 12.1. The third-order valence-electron chi connectivity index (χ3n) is 7.53. The van der Waals surface area contributed by atoms with Gasteiger partial charge in [0.05, 0.1) is 13.1 Å². The number of amides is 3. The van der Waals surface area contributed by atoms with E-state index in [0.29, 0.717) is 36.4 Å². The van der Waals surface area contributed by atoms with Gasteiger partial charge in [-0.15, -0.1) is 0 Å². The summed E-state index contributed by atoms with van der Waals surface area (Å²) < 4.78 is 50.0. The van der Waals surface area contributed by atoms with Crippen molar-refractivity contribution in [3.63, 3.8) is 0 Å². The minimum atomic E-state index is -2.94. The predicted octanol–water partition coefficient (Wildman–Crippen LogP) is 4.69. The number of nitrogens with one attached hydrogen (secondary N) is 1. The molecular formula is C32H40F3N7O5. The highest BCUT2D eigenvalue weighted by Crippen LogP contribution is 2.29. The van der Waals surface area contributed by atoms with Gasteiger partial charge in [0.15, 0.2) is 0 Å². The fourth-order valence-electron chi connectivity index (χ4n) is 4.99. The van der Waals surface area contributed by atoms with E-state index in [1.54, 1.807) is 70.9 Å². The Balaban J connectivity index is 1.48. The van der Waals surface area contributed by atoms with Crippen molar-refractivity contribution >= 4 is 23.6 Å². The summed E-state index contributed by atoms with van der Waals surface area (Å²) in [7, 11) is 1.61. The number of likely N-dealkylation sites (N-methyl/N-ethyl adjacent to an activating group) is 2. The standard InChI is InChI=1S/C32H40F3N7O5/c1-7-40(31(45)46-32(3,4)5)12-13-42(25-15-21(9-8-20(25)2)29-37-30(28(34)35)47-38-29)27(44)17-36-16-26(43)39(6)41-18-22-10-11-24(33)14-23(22)19-41/h8-11,14-15,28,36H,7,12-13,16-19H2,1-6H3. The number of rotatable bonds is 12. The summed E-state index contributed by atoms with van der Waals surface area (Å²) in [4.78, 5) is 46.2. The summed E-state index contributed by atoms with van der Waals surface area (Å²) in [6, 6.07) is 9.44. The zero-order valence-electron chi connectivity index (χ0n) is 27.3. The summed E-state index contributed by atoms with van der Waals surface area (Å²) >= 11 is 0. The molecule has 47 heavy (non-hydrogen) atoms.